The van der Waals surface area contributed by atoms with Gasteiger partial charge in [0.25, 0.3) is 0 Å². The minimum Gasteiger partial charge on any atom is -0.284 e. The summed E-state index contributed by atoms with van der Waals surface area (Å²) in [5.41, 5.74) is 21.9. The van der Waals surface area contributed by atoms with Crippen LogP contribution in [0.15, 0.2) is 200 Å². The van der Waals surface area contributed by atoms with Crippen molar-refractivity contribution >= 4 is 117 Å². The van der Waals surface area contributed by atoms with Gasteiger partial charge in [-0.05, 0) is 212 Å². The third kappa shape index (κ3) is 15.0. The Kier molecular flexibility index (Phi) is 18.2. The van der Waals surface area contributed by atoms with Crippen LogP contribution < -0.4 is 14.2 Å². The summed E-state index contributed by atoms with van der Waals surface area (Å²) < 4.78 is 77.0. The van der Waals surface area contributed by atoms with Gasteiger partial charge in [0.2, 0.25) is 30.1 Å². The molecule has 9 aromatic carbocycles. The number of rotatable bonds is 9. The van der Waals surface area contributed by atoms with Gasteiger partial charge in [-0.1, -0.05) is 180 Å². The van der Waals surface area contributed by atoms with Gasteiger partial charge in [0.15, 0.2) is 0 Å². The molecule has 0 saturated heterocycles. The molecule has 12 rings (SSSR count). The summed E-state index contributed by atoms with van der Waals surface area (Å²) in [6.07, 6.45) is 15.2. The highest BCUT2D eigenvalue weighted by Gasteiger charge is 2.23. The average Bonchev–Trinajstić information content (AvgIpc) is 2.33. The van der Waals surface area contributed by atoms with Gasteiger partial charge in [0.05, 0.1) is 18.8 Å². The fourth-order valence-corrected chi connectivity index (χ4v) is 13.6. The molecular formula is C69H60Cl3N3O6S3. The molecular weight excluding hydrogens is 1170 g/mol. The third-order valence-electron chi connectivity index (χ3n) is 14.6. The average molecular weight is 1230 g/mol. The number of nitrogens with one attached hydrogen (secondary N) is 3. The maximum atomic E-state index is 11.6. The summed E-state index contributed by atoms with van der Waals surface area (Å²) in [6, 6.07) is 65.5. The highest BCUT2D eigenvalue weighted by molar-refractivity contribution is 7.92. The lowest BCUT2D eigenvalue weighted by atomic mass is 9.92. The highest BCUT2D eigenvalue weighted by atomic mass is 35.5. The summed E-state index contributed by atoms with van der Waals surface area (Å²) >= 11 is 19.6. The van der Waals surface area contributed by atoms with E-state index in [0.29, 0.717) is 17.1 Å². The molecule has 0 unspecified atom stereocenters. The van der Waals surface area contributed by atoms with E-state index in [0.717, 1.165) is 139 Å². The minimum atomic E-state index is -3.32. The summed E-state index contributed by atoms with van der Waals surface area (Å²) in [5.74, 6) is 0. The molecule has 3 N–H and O–H groups in total. The molecule has 0 atom stereocenters. The molecule has 0 radical (unpaired) electrons. The molecule has 0 fully saturated rings. The second kappa shape index (κ2) is 25.7. The van der Waals surface area contributed by atoms with Gasteiger partial charge in [-0.25, -0.2) is 25.3 Å². The molecule has 426 valence electrons. The Bertz CT molecular complexity index is 4000. The smallest absolute Gasteiger partial charge is 0.229 e. The van der Waals surface area contributed by atoms with E-state index < -0.39 is 30.1 Å². The van der Waals surface area contributed by atoms with Gasteiger partial charge in [-0.3, -0.25) is 14.2 Å². The fraction of sp³-hybridized carbons (Fsp3) is 0.130. The van der Waals surface area contributed by atoms with Gasteiger partial charge >= 0.3 is 0 Å². The summed E-state index contributed by atoms with van der Waals surface area (Å²) in [7, 11) is -9.97. The van der Waals surface area contributed by atoms with E-state index in [2.05, 4.69) is 105 Å². The van der Waals surface area contributed by atoms with Crippen molar-refractivity contribution in [3.8, 4) is 0 Å². The Morgan fingerprint density at radius 1 is 0.310 bits per heavy atom. The molecule has 0 amide bonds. The third-order valence-corrected chi connectivity index (χ3v) is 17.5. The molecule has 0 heterocycles. The van der Waals surface area contributed by atoms with Gasteiger partial charge in [-0.15, -0.1) is 0 Å². The molecule has 0 spiro atoms. The number of hydrogen-bond acceptors (Lipinski definition) is 6. The van der Waals surface area contributed by atoms with E-state index in [1.54, 1.807) is 18.2 Å². The molecule has 0 aliphatic heterocycles. The van der Waals surface area contributed by atoms with Crippen LogP contribution >= 0.6 is 34.8 Å². The van der Waals surface area contributed by atoms with Crippen LogP contribution in [0.25, 0.3) is 34.9 Å². The Balaban J connectivity index is 0.000000140. The largest absolute Gasteiger partial charge is 0.284 e. The van der Waals surface area contributed by atoms with Gasteiger partial charge in [-0.2, -0.15) is 0 Å². The first-order valence-electron chi connectivity index (χ1n) is 27.2. The van der Waals surface area contributed by atoms with Crippen molar-refractivity contribution in [2.24, 2.45) is 0 Å². The monoisotopic (exact) mass is 1230 g/mol. The minimum absolute atomic E-state index is 0.546. The quantitative estimate of drug-likeness (QED) is 0.132. The molecule has 84 heavy (non-hydrogen) atoms. The highest BCUT2D eigenvalue weighted by Crippen LogP contribution is 2.41. The first-order chi connectivity index (χ1) is 40.2. The van der Waals surface area contributed by atoms with E-state index in [9.17, 15) is 25.3 Å². The Morgan fingerprint density at radius 2 is 0.560 bits per heavy atom. The summed E-state index contributed by atoms with van der Waals surface area (Å²) in [5, 5.41) is 2.34. The number of fused-ring (bicyclic) bond motifs is 6. The second-order valence-electron chi connectivity index (χ2n) is 20.9. The number of hydrogen-bond donors (Lipinski definition) is 3. The predicted molar refractivity (Wildman–Crippen MR) is 352 cm³/mol. The van der Waals surface area contributed by atoms with Crippen molar-refractivity contribution in [1.82, 2.24) is 0 Å². The van der Waals surface area contributed by atoms with Crippen molar-refractivity contribution in [1.29, 1.82) is 0 Å². The summed E-state index contributed by atoms with van der Waals surface area (Å²) in [4.78, 5) is 0. The SMILES string of the molecule is CS(=O)(=O)Nc1cccc(/C=C2/c3ccccc3CCc3c(Cl)cccc32)c1.CS(=O)(=O)Nc1cccc(/C=C2\c3ccccc3CCc3c(Cl)cccc32)c1.CS(=O)(=O)Nc1cccc(C=C2c3ccccc3CCc3c(Cl)cccc32)c1. The van der Waals surface area contributed by atoms with Crippen molar-refractivity contribution in [3.63, 3.8) is 0 Å². The normalized spacial score (nSPS) is 14.9. The standard InChI is InChI=1S/3C23H20ClNO2S/c3*1-28(26,27)25-18-8-4-6-16(14-18)15-22-19-9-3-2-7-17(19)12-13-21-20(22)10-5-11-23(21)24/h3*2-11,14-15,25H,12-13H2,1H3/b22-15+;22-15-;. The lowest BCUT2D eigenvalue weighted by molar-refractivity contribution is 0.605. The fourth-order valence-electron chi connectivity index (χ4n) is 11.1. The lowest BCUT2D eigenvalue weighted by Gasteiger charge is -2.13. The Morgan fingerprint density at radius 3 is 0.833 bits per heavy atom. The van der Waals surface area contributed by atoms with Crippen LogP contribution in [-0.2, 0) is 68.6 Å². The van der Waals surface area contributed by atoms with Crippen LogP contribution in [-0.4, -0.2) is 44.0 Å². The van der Waals surface area contributed by atoms with Crippen molar-refractivity contribution in [2.75, 3.05) is 32.9 Å². The Labute approximate surface area is 508 Å². The maximum absolute atomic E-state index is 11.6. The lowest BCUT2D eigenvalue weighted by Crippen LogP contribution is -2.09. The molecule has 9 aromatic rings. The maximum Gasteiger partial charge on any atom is 0.229 e. The number of aryl methyl sites for hydroxylation is 3. The number of benzene rings is 9. The first-order valence-corrected chi connectivity index (χ1v) is 34.0. The van der Waals surface area contributed by atoms with E-state index >= 15 is 0 Å². The molecule has 3 aliphatic carbocycles. The van der Waals surface area contributed by atoms with Crippen LogP contribution in [0.4, 0.5) is 17.1 Å². The Hall–Kier alpha value is -7.68. The number of halogens is 3. The molecule has 9 nitrogen and oxygen atoms in total. The zero-order valence-electron chi connectivity index (χ0n) is 46.3. The molecule has 0 saturated carbocycles. The van der Waals surface area contributed by atoms with E-state index in [4.69, 9.17) is 34.8 Å². The molecule has 0 aromatic heterocycles. The zero-order valence-corrected chi connectivity index (χ0v) is 51.1. The van der Waals surface area contributed by atoms with Gasteiger partial charge < -0.3 is 0 Å². The van der Waals surface area contributed by atoms with Crippen LogP contribution in [0.1, 0.15) is 83.5 Å². The van der Waals surface area contributed by atoms with Crippen molar-refractivity contribution < 1.29 is 25.3 Å². The summed E-state index contributed by atoms with van der Waals surface area (Å²) in [6.45, 7) is 0. The topological polar surface area (TPSA) is 139 Å². The van der Waals surface area contributed by atoms with Gasteiger partial charge in [0, 0.05) is 32.1 Å². The molecule has 15 heteroatoms. The van der Waals surface area contributed by atoms with Crippen LogP contribution in [0.5, 0.6) is 0 Å². The van der Waals surface area contributed by atoms with Crippen LogP contribution in [0.3, 0.4) is 0 Å². The van der Waals surface area contributed by atoms with Crippen LogP contribution in [0, 0.1) is 0 Å². The molecule has 0 bridgehead atoms. The number of sulfonamides is 3. The van der Waals surface area contributed by atoms with Crippen molar-refractivity contribution in [3.05, 3.63) is 299 Å². The zero-order chi connectivity index (χ0) is 59.2. The van der Waals surface area contributed by atoms with Crippen LogP contribution in [0.2, 0.25) is 15.1 Å². The predicted octanol–water partition coefficient (Wildman–Crippen LogP) is 16.2. The van der Waals surface area contributed by atoms with Gasteiger partial charge in [0.1, 0.15) is 0 Å². The van der Waals surface area contributed by atoms with E-state index in [1.165, 1.54) is 33.4 Å². The van der Waals surface area contributed by atoms with E-state index in [-0.39, 0.29) is 0 Å². The second-order valence-corrected chi connectivity index (χ2v) is 27.4. The first kappa shape index (κ1) is 59.5. The van der Waals surface area contributed by atoms with Crippen molar-refractivity contribution in [2.45, 2.75) is 38.5 Å². The van der Waals surface area contributed by atoms with E-state index in [1.807, 2.05) is 109 Å². The number of anilines is 3. The molecule has 3 aliphatic rings.